The van der Waals surface area contributed by atoms with Gasteiger partial charge in [0, 0.05) is 17.7 Å². The number of benzene rings is 2. The summed E-state index contributed by atoms with van der Waals surface area (Å²) >= 11 is 0. The molecule has 2 heterocycles. The fourth-order valence-electron chi connectivity index (χ4n) is 3.38. The second-order valence-corrected chi connectivity index (χ2v) is 6.24. The van der Waals surface area contributed by atoms with Gasteiger partial charge in [0.1, 0.15) is 12.3 Å². The van der Waals surface area contributed by atoms with E-state index in [1.165, 1.54) is 0 Å². The van der Waals surface area contributed by atoms with Crippen molar-refractivity contribution in [2.24, 2.45) is 0 Å². The number of ether oxygens (including phenoxy) is 1. The maximum Gasteiger partial charge on any atom is 0.325 e. The number of rotatable bonds is 3. The van der Waals surface area contributed by atoms with Crippen molar-refractivity contribution in [1.82, 2.24) is 10.2 Å². The van der Waals surface area contributed by atoms with Crippen molar-refractivity contribution in [3.63, 3.8) is 0 Å². The first-order valence-corrected chi connectivity index (χ1v) is 8.31. The number of carbonyl (C=O) groups excluding carboxylic acids is 3. The minimum Gasteiger partial charge on any atom is -0.493 e. The van der Waals surface area contributed by atoms with Crippen LogP contribution in [0.2, 0.25) is 0 Å². The molecule has 1 atom stereocenters. The van der Waals surface area contributed by atoms with Crippen LogP contribution in [0, 0.1) is 0 Å². The van der Waals surface area contributed by atoms with E-state index in [1.54, 1.807) is 42.5 Å². The SMILES string of the molecule is O=C(CN1C(=O)NC2(CCOc3ccccc32)C1=O)Nc1ccccc1. The topological polar surface area (TPSA) is 87.7 Å². The number of carbonyl (C=O) groups is 3. The Hall–Kier alpha value is -3.35. The summed E-state index contributed by atoms with van der Waals surface area (Å²) < 4.78 is 5.59. The summed E-state index contributed by atoms with van der Waals surface area (Å²) in [7, 11) is 0. The number of nitrogens with zero attached hydrogens (tertiary/aromatic N) is 1. The van der Waals surface area contributed by atoms with Crippen LogP contribution in [0.3, 0.4) is 0 Å². The average Bonchev–Trinajstić information content (AvgIpc) is 2.88. The van der Waals surface area contributed by atoms with E-state index in [4.69, 9.17) is 4.74 Å². The first-order valence-electron chi connectivity index (χ1n) is 8.31. The van der Waals surface area contributed by atoms with Crippen molar-refractivity contribution in [2.45, 2.75) is 12.0 Å². The van der Waals surface area contributed by atoms with Gasteiger partial charge in [0.25, 0.3) is 5.91 Å². The Balaban J connectivity index is 1.56. The van der Waals surface area contributed by atoms with Crippen molar-refractivity contribution in [3.05, 3.63) is 60.2 Å². The van der Waals surface area contributed by atoms with Gasteiger partial charge in [-0.15, -0.1) is 0 Å². The number of amides is 4. The number of imide groups is 1. The Bertz CT molecular complexity index is 883. The van der Waals surface area contributed by atoms with E-state index >= 15 is 0 Å². The molecule has 2 aliphatic rings. The highest BCUT2D eigenvalue weighted by Gasteiger charge is 2.55. The molecule has 4 amide bonds. The third-order valence-corrected chi connectivity index (χ3v) is 4.62. The van der Waals surface area contributed by atoms with Crippen LogP contribution < -0.4 is 15.4 Å². The van der Waals surface area contributed by atoms with Gasteiger partial charge in [0.15, 0.2) is 5.54 Å². The van der Waals surface area contributed by atoms with Crippen molar-refractivity contribution in [1.29, 1.82) is 0 Å². The molecular formula is C19H17N3O4. The maximum absolute atomic E-state index is 13.1. The smallest absolute Gasteiger partial charge is 0.325 e. The van der Waals surface area contributed by atoms with Gasteiger partial charge >= 0.3 is 6.03 Å². The van der Waals surface area contributed by atoms with E-state index < -0.39 is 23.4 Å². The van der Waals surface area contributed by atoms with E-state index in [2.05, 4.69) is 10.6 Å². The van der Waals surface area contributed by atoms with Gasteiger partial charge in [-0.2, -0.15) is 0 Å². The molecule has 2 aromatic carbocycles. The number of urea groups is 1. The minimum atomic E-state index is -1.17. The zero-order valence-corrected chi connectivity index (χ0v) is 13.9. The average molecular weight is 351 g/mol. The molecule has 1 spiro atoms. The molecule has 26 heavy (non-hydrogen) atoms. The summed E-state index contributed by atoms with van der Waals surface area (Å²) in [6, 6.07) is 15.4. The molecular weight excluding hydrogens is 334 g/mol. The Morgan fingerprint density at radius 1 is 1.12 bits per heavy atom. The standard InChI is InChI=1S/C19H17N3O4/c23-16(20-13-6-2-1-3-7-13)12-22-17(24)19(21-18(22)25)10-11-26-15-9-5-4-8-14(15)19/h1-9H,10-12H2,(H,20,23)(H,21,25). The van der Waals surface area contributed by atoms with Crippen molar-refractivity contribution in [2.75, 3.05) is 18.5 Å². The predicted molar refractivity (Wildman–Crippen MR) is 93.5 cm³/mol. The zero-order valence-electron chi connectivity index (χ0n) is 13.9. The molecule has 1 saturated heterocycles. The molecule has 2 aliphatic heterocycles. The highest BCUT2D eigenvalue weighted by molar-refractivity contribution is 6.10. The van der Waals surface area contributed by atoms with Crippen LogP contribution in [0.1, 0.15) is 12.0 Å². The highest BCUT2D eigenvalue weighted by atomic mass is 16.5. The lowest BCUT2D eigenvalue weighted by atomic mass is 9.84. The van der Waals surface area contributed by atoms with Gasteiger partial charge in [0.2, 0.25) is 5.91 Å². The monoisotopic (exact) mass is 351 g/mol. The predicted octanol–water partition coefficient (Wildman–Crippen LogP) is 1.85. The number of hydrogen-bond acceptors (Lipinski definition) is 4. The molecule has 7 heteroatoms. The Morgan fingerprint density at radius 3 is 2.65 bits per heavy atom. The number of anilines is 1. The van der Waals surface area contributed by atoms with Gasteiger partial charge in [-0.25, -0.2) is 4.79 Å². The molecule has 2 aromatic rings. The Morgan fingerprint density at radius 2 is 1.85 bits per heavy atom. The number of para-hydroxylation sites is 2. The van der Waals surface area contributed by atoms with Crippen LogP contribution in [0.15, 0.2) is 54.6 Å². The normalized spacial score (nSPS) is 21.2. The lowest BCUT2D eigenvalue weighted by molar-refractivity contribution is -0.135. The van der Waals surface area contributed by atoms with Gasteiger partial charge < -0.3 is 15.4 Å². The first kappa shape index (κ1) is 16.1. The summed E-state index contributed by atoms with van der Waals surface area (Å²) in [5.41, 5.74) is 0.0603. The molecule has 0 aromatic heterocycles. The van der Waals surface area contributed by atoms with Crippen LogP contribution in [-0.4, -0.2) is 35.9 Å². The molecule has 0 bridgehead atoms. The Labute approximate surface area is 149 Å². The second kappa shape index (κ2) is 6.18. The fraction of sp³-hybridized carbons (Fsp3) is 0.211. The quantitative estimate of drug-likeness (QED) is 0.826. The molecule has 7 nitrogen and oxygen atoms in total. The molecule has 1 unspecified atom stereocenters. The van der Waals surface area contributed by atoms with Crippen LogP contribution in [-0.2, 0) is 15.1 Å². The Kier molecular flexibility index (Phi) is 3.84. The van der Waals surface area contributed by atoms with Crippen LogP contribution in [0.25, 0.3) is 0 Å². The summed E-state index contributed by atoms with van der Waals surface area (Å²) in [4.78, 5) is 38.7. The van der Waals surface area contributed by atoms with Gasteiger partial charge in [-0.1, -0.05) is 36.4 Å². The van der Waals surface area contributed by atoms with E-state index in [9.17, 15) is 14.4 Å². The molecule has 0 saturated carbocycles. The van der Waals surface area contributed by atoms with Gasteiger partial charge in [-0.05, 0) is 18.2 Å². The summed E-state index contributed by atoms with van der Waals surface area (Å²) in [6.45, 7) is -0.0303. The molecule has 0 radical (unpaired) electrons. The number of nitrogens with one attached hydrogen (secondary N) is 2. The molecule has 132 valence electrons. The number of hydrogen-bond donors (Lipinski definition) is 2. The van der Waals surface area contributed by atoms with Crippen LogP contribution in [0.4, 0.5) is 10.5 Å². The highest BCUT2D eigenvalue weighted by Crippen LogP contribution is 2.40. The summed E-state index contributed by atoms with van der Waals surface area (Å²) in [5, 5.41) is 5.45. The summed E-state index contributed by atoms with van der Waals surface area (Å²) in [6.07, 6.45) is 0.325. The van der Waals surface area contributed by atoms with E-state index in [-0.39, 0.29) is 6.54 Å². The van der Waals surface area contributed by atoms with Gasteiger partial charge in [0.05, 0.1) is 6.61 Å². The third-order valence-electron chi connectivity index (χ3n) is 4.62. The van der Waals surface area contributed by atoms with Gasteiger partial charge in [-0.3, -0.25) is 14.5 Å². The van der Waals surface area contributed by atoms with Crippen LogP contribution >= 0.6 is 0 Å². The largest absolute Gasteiger partial charge is 0.493 e. The second-order valence-electron chi connectivity index (χ2n) is 6.24. The molecule has 1 fully saturated rings. The fourth-order valence-corrected chi connectivity index (χ4v) is 3.38. The van der Waals surface area contributed by atoms with E-state index in [1.807, 2.05) is 12.1 Å². The third kappa shape index (κ3) is 2.57. The minimum absolute atomic E-state index is 0.313. The van der Waals surface area contributed by atoms with E-state index in [0.717, 1.165) is 4.90 Å². The zero-order chi connectivity index (χ0) is 18.1. The first-order chi connectivity index (χ1) is 12.6. The van der Waals surface area contributed by atoms with Crippen LogP contribution in [0.5, 0.6) is 5.75 Å². The lowest BCUT2D eigenvalue weighted by Crippen LogP contribution is -2.48. The number of fused-ring (bicyclic) bond motifs is 2. The van der Waals surface area contributed by atoms with E-state index in [0.29, 0.717) is 30.0 Å². The lowest BCUT2D eigenvalue weighted by Gasteiger charge is -2.33. The molecule has 0 aliphatic carbocycles. The summed E-state index contributed by atoms with van der Waals surface area (Å²) in [5.74, 6) is -0.290. The van der Waals surface area contributed by atoms with Crippen molar-refractivity contribution < 1.29 is 19.1 Å². The maximum atomic E-state index is 13.1. The van der Waals surface area contributed by atoms with Crippen molar-refractivity contribution >= 4 is 23.5 Å². The molecule has 2 N–H and O–H groups in total. The molecule has 4 rings (SSSR count). The van der Waals surface area contributed by atoms with Crippen molar-refractivity contribution in [3.8, 4) is 5.75 Å².